The lowest BCUT2D eigenvalue weighted by Gasteiger charge is -2.08. The maximum Gasteiger partial charge on any atom is 0.251 e. The average Bonchev–Trinajstić information content (AvgIpc) is 3.22. The molecule has 7 nitrogen and oxygen atoms in total. The van der Waals surface area contributed by atoms with Gasteiger partial charge in [0.15, 0.2) is 0 Å². The number of nitrogens with two attached hydrogens (primary N) is 1. The fourth-order valence-electron chi connectivity index (χ4n) is 1.67. The number of nitrogens with one attached hydrogen (secondary N) is 2. The Kier molecular flexibility index (Phi) is 4.46. The summed E-state index contributed by atoms with van der Waals surface area (Å²) in [7, 11) is -3.70. The molecule has 2 rings (SSSR count). The van der Waals surface area contributed by atoms with Crippen molar-refractivity contribution in [3.05, 3.63) is 29.8 Å². The summed E-state index contributed by atoms with van der Waals surface area (Å²) in [5.74, 6) is -1.37. The van der Waals surface area contributed by atoms with Gasteiger partial charge in [-0.2, -0.15) is 0 Å². The minimum absolute atomic E-state index is 0.0729. The van der Waals surface area contributed by atoms with E-state index in [1.54, 1.807) is 24.3 Å². The molecule has 1 saturated carbocycles. The molecule has 0 aliphatic heterocycles. The Morgan fingerprint density at radius 3 is 2.38 bits per heavy atom. The fraction of sp³-hybridized carbons (Fsp3) is 0.385. The number of rotatable bonds is 6. The number of hydrogen-bond acceptors (Lipinski definition) is 5. The summed E-state index contributed by atoms with van der Waals surface area (Å²) in [5, 5.41) is 2.48. The van der Waals surface area contributed by atoms with Crippen LogP contribution in [0, 0.1) is 5.92 Å². The molecule has 21 heavy (non-hydrogen) atoms. The molecule has 4 N–H and O–H groups in total. The average molecular weight is 311 g/mol. The summed E-state index contributed by atoms with van der Waals surface area (Å²) in [6.45, 7) is -0.0729. The van der Waals surface area contributed by atoms with Crippen LogP contribution in [0.2, 0.25) is 0 Å². The quantitative estimate of drug-likeness (QED) is 0.632. The molecule has 1 aliphatic carbocycles. The third-order valence-corrected chi connectivity index (χ3v) is 4.29. The van der Waals surface area contributed by atoms with Gasteiger partial charge in [0.1, 0.15) is 0 Å². The van der Waals surface area contributed by atoms with E-state index in [4.69, 9.17) is 5.73 Å². The zero-order valence-corrected chi connectivity index (χ0v) is 12.2. The molecule has 0 radical (unpaired) electrons. The number of benzene rings is 1. The van der Waals surface area contributed by atoms with E-state index in [2.05, 4.69) is 5.32 Å². The van der Waals surface area contributed by atoms with Crippen LogP contribution in [-0.4, -0.2) is 32.5 Å². The smallest absolute Gasteiger partial charge is 0.251 e. The molecule has 1 aromatic carbocycles. The zero-order valence-electron chi connectivity index (χ0n) is 11.3. The molecule has 0 heterocycles. The Morgan fingerprint density at radius 1 is 1.19 bits per heavy atom. The Labute approximate surface area is 123 Å². The van der Waals surface area contributed by atoms with E-state index in [-0.39, 0.29) is 18.2 Å². The highest BCUT2D eigenvalue weighted by molar-refractivity contribution is 7.90. The maximum absolute atomic E-state index is 11.7. The summed E-state index contributed by atoms with van der Waals surface area (Å²) in [5.41, 5.74) is 6.44. The summed E-state index contributed by atoms with van der Waals surface area (Å²) >= 11 is 0. The SMILES string of the molecule is Nc1ccc(C(=O)NCCS(=O)(=O)NC(=O)C2CC2)cc1. The van der Waals surface area contributed by atoms with Crippen LogP contribution in [0.3, 0.4) is 0 Å². The molecule has 0 bridgehead atoms. The van der Waals surface area contributed by atoms with Gasteiger partial charge in [-0.25, -0.2) is 8.42 Å². The number of nitrogen functional groups attached to an aromatic ring is 1. The second-order valence-corrected chi connectivity index (χ2v) is 6.78. The fourth-order valence-corrected chi connectivity index (χ4v) is 2.61. The van der Waals surface area contributed by atoms with Crippen LogP contribution in [0.4, 0.5) is 5.69 Å². The van der Waals surface area contributed by atoms with Gasteiger partial charge in [0.25, 0.3) is 5.91 Å². The Morgan fingerprint density at radius 2 is 1.81 bits per heavy atom. The van der Waals surface area contributed by atoms with Crippen molar-refractivity contribution in [2.24, 2.45) is 5.92 Å². The Bertz CT molecular complexity index is 636. The van der Waals surface area contributed by atoms with Crippen molar-refractivity contribution >= 4 is 27.5 Å². The topological polar surface area (TPSA) is 118 Å². The first-order chi connectivity index (χ1) is 9.87. The maximum atomic E-state index is 11.7. The predicted octanol–water partition coefficient (Wildman–Crippen LogP) is -0.145. The van der Waals surface area contributed by atoms with Crippen LogP contribution in [0.5, 0.6) is 0 Å². The molecule has 2 amide bonds. The van der Waals surface area contributed by atoms with Crippen LogP contribution >= 0.6 is 0 Å². The van der Waals surface area contributed by atoms with Crippen LogP contribution in [0.15, 0.2) is 24.3 Å². The lowest BCUT2D eigenvalue weighted by Crippen LogP contribution is -2.38. The highest BCUT2D eigenvalue weighted by Crippen LogP contribution is 2.28. The molecular weight excluding hydrogens is 294 g/mol. The van der Waals surface area contributed by atoms with E-state index < -0.39 is 21.8 Å². The number of hydrogen-bond donors (Lipinski definition) is 3. The van der Waals surface area contributed by atoms with Crippen LogP contribution in [0.25, 0.3) is 0 Å². The van der Waals surface area contributed by atoms with E-state index in [1.807, 2.05) is 4.72 Å². The molecule has 0 saturated heterocycles. The third-order valence-electron chi connectivity index (χ3n) is 3.03. The van der Waals surface area contributed by atoms with E-state index in [9.17, 15) is 18.0 Å². The Balaban J connectivity index is 1.78. The molecule has 1 aromatic rings. The van der Waals surface area contributed by atoms with Crippen LogP contribution < -0.4 is 15.8 Å². The van der Waals surface area contributed by atoms with Crippen molar-refractivity contribution in [1.82, 2.24) is 10.0 Å². The van der Waals surface area contributed by atoms with Gasteiger partial charge >= 0.3 is 0 Å². The minimum Gasteiger partial charge on any atom is -0.399 e. The molecule has 8 heteroatoms. The first kappa shape index (κ1) is 15.3. The van der Waals surface area contributed by atoms with Crippen molar-refractivity contribution in [2.45, 2.75) is 12.8 Å². The largest absolute Gasteiger partial charge is 0.399 e. The molecule has 0 unspecified atom stereocenters. The molecule has 0 atom stereocenters. The monoisotopic (exact) mass is 311 g/mol. The standard InChI is InChI=1S/C13H17N3O4S/c14-11-5-3-9(4-6-11)12(17)15-7-8-21(19,20)16-13(18)10-1-2-10/h3-6,10H,1-2,7-8,14H2,(H,15,17)(H,16,18). The molecule has 1 fully saturated rings. The van der Waals surface area contributed by atoms with Crippen LogP contribution in [-0.2, 0) is 14.8 Å². The normalized spacial score (nSPS) is 14.5. The van der Waals surface area contributed by atoms with Gasteiger partial charge in [-0.15, -0.1) is 0 Å². The number of sulfonamides is 1. The second kappa shape index (κ2) is 6.13. The van der Waals surface area contributed by atoms with E-state index in [0.717, 1.165) is 12.8 Å². The van der Waals surface area contributed by atoms with Gasteiger partial charge in [0, 0.05) is 23.7 Å². The van der Waals surface area contributed by atoms with Gasteiger partial charge in [-0.3, -0.25) is 14.3 Å². The summed E-state index contributed by atoms with van der Waals surface area (Å²) in [6.07, 6.45) is 1.46. The molecular formula is C13H17N3O4S. The highest BCUT2D eigenvalue weighted by atomic mass is 32.2. The third kappa shape index (κ3) is 4.75. The number of anilines is 1. The minimum atomic E-state index is -3.70. The lowest BCUT2D eigenvalue weighted by molar-refractivity contribution is -0.120. The van der Waals surface area contributed by atoms with Crippen molar-refractivity contribution in [3.63, 3.8) is 0 Å². The first-order valence-corrected chi connectivity index (χ1v) is 8.21. The first-order valence-electron chi connectivity index (χ1n) is 6.55. The highest BCUT2D eigenvalue weighted by Gasteiger charge is 2.32. The van der Waals surface area contributed by atoms with Gasteiger partial charge < -0.3 is 11.1 Å². The predicted molar refractivity (Wildman–Crippen MR) is 77.8 cm³/mol. The summed E-state index contributed by atoms with van der Waals surface area (Å²) in [4.78, 5) is 23.1. The number of carbonyl (C=O) groups is 2. The Hall–Kier alpha value is -2.09. The number of carbonyl (C=O) groups excluding carboxylic acids is 2. The van der Waals surface area contributed by atoms with Gasteiger partial charge in [0.2, 0.25) is 15.9 Å². The van der Waals surface area contributed by atoms with Gasteiger partial charge in [0.05, 0.1) is 5.75 Å². The van der Waals surface area contributed by atoms with Crippen LogP contribution in [0.1, 0.15) is 23.2 Å². The molecule has 1 aliphatic rings. The van der Waals surface area contributed by atoms with E-state index in [0.29, 0.717) is 11.3 Å². The summed E-state index contributed by atoms with van der Waals surface area (Å²) < 4.78 is 25.3. The molecule has 0 spiro atoms. The summed E-state index contributed by atoms with van der Waals surface area (Å²) in [6, 6.07) is 6.27. The van der Waals surface area contributed by atoms with E-state index in [1.165, 1.54) is 0 Å². The molecule has 0 aromatic heterocycles. The van der Waals surface area contributed by atoms with Gasteiger partial charge in [-0.1, -0.05) is 0 Å². The van der Waals surface area contributed by atoms with Crippen molar-refractivity contribution < 1.29 is 18.0 Å². The van der Waals surface area contributed by atoms with E-state index >= 15 is 0 Å². The van der Waals surface area contributed by atoms with Crippen molar-refractivity contribution in [1.29, 1.82) is 0 Å². The lowest BCUT2D eigenvalue weighted by atomic mass is 10.2. The zero-order chi connectivity index (χ0) is 15.5. The number of amides is 2. The van der Waals surface area contributed by atoms with Gasteiger partial charge in [-0.05, 0) is 37.1 Å². The van der Waals surface area contributed by atoms with Crippen molar-refractivity contribution in [2.75, 3.05) is 18.0 Å². The van der Waals surface area contributed by atoms with Crippen molar-refractivity contribution in [3.8, 4) is 0 Å². The molecule has 114 valence electrons. The second-order valence-electron chi connectivity index (χ2n) is 4.94.